The van der Waals surface area contributed by atoms with Crippen LogP contribution in [0.4, 0.5) is 15.9 Å². The summed E-state index contributed by atoms with van der Waals surface area (Å²) in [6.07, 6.45) is 3.78. The largest absolute Gasteiger partial charge is 0.461 e. The van der Waals surface area contributed by atoms with E-state index in [1.54, 1.807) is 0 Å². The van der Waals surface area contributed by atoms with E-state index in [0.29, 0.717) is 68.9 Å². The Morgan fingerprint density at radius 1 is 1.26 bits per heavy atom. The zero-order valence-corrected chi connectivity index (χ0v) is 24.8. The Morgan fingerprint density at radius 3 is 2.83 bits per heavy atom. The van der Waals surface area contributed by atoms with Crippen LogP contribution in [-0.2, 0) is 23.4 Å². The second-order valence-electron chi connectivity index (χ2n) is 13.9. The number of alkyl halides is 1. The van der Waals surface area contributed by atoms with Gasteiger partial charge in [-0.15, -0.1) is 0 Å². The van der Waals surface area contributed by atoms with Gasteiger partial charge in [0, 0.05) is 55.2 Å². The molecule has 4 aliphatic heterocycles. The SMILES string of the molecule is CC1CCC2(Cc3nc(OCC45CCCN4CC(F)C5)nc(N4CC(C(C)(C)O)C4)c3CO2)c2c1ccc(N)c2C#N. The first-order chi connectivity index (χ1) is 20.0. The number of halogens is 1. The standard InChI is InChI=1S/C32H41FN6O3/c1-19-7-9-32(27-22(19)5-6-25(35)23(27)13-34)12-26-24(17-42-32)28(38-14-20(15-38)30(2,3)40)37-29(36-26)41-18-31-8-4-10-39(31)16-21(33)11-31/h5-6,19-21,40H,4,7-12,14-18,35H2,1-3H3. The molecule has 3 saturated heterocycles. The molecule has 42 heavy (non-hydrogen) atoms. The Kier molecular flexibility index (Phi) is 6.46. The molecule has 1 spiro atoms. The fraction of sp³-hybridized carbons (Fsp3) is 0.656. The maximum absolute atomic E-state index is 14.4. The van der Waals surface area contributed by atoms with Gasteiger partial charge in [0.1, 0.15) is 30.3 Å². The van der Waals surface area contributed by atoms with E-state index in [1.165, 1.54) is 0 Å². The zero-order chi connectivity index (χ0) is 29.4. The number of nitrogen functional groups attached to an aromatic ring is 1. The summed E-state index contributed by atoms with van der Waals surface area (Å²) in [6, 6.07) is 6.53. The van der Waals surface area contributed by atoms with Gasteiger partial charge in [0.15, 0.2) is 0 Å². The quantitative estimate of drug-likeness (QED) is 0.510. The molecule has 5 aliphatic rings. The van der Waals surface area contributed by atoms with Gasteiger partial charge in [0.25, 0.3) is 0 Å². The van der Waals surface area contributed by atoms with Crippen LogP contribution in [0.25, 0.3) is 0 Å². The molecule has 0 bridgehead atoms. The Hall–Kier alpha value is -3.00. The lowest BCUT2D eigenvalue weighted by molar-refractivity contribution is -0.0874. The van der Waals surface area contributed by atoms with Gasteiger partial charge >= 0.3 is 6.01 Å². The number of aromatic nitrogens is 2. The summed E-state index contributed by atoms with van der Waals surface area (Å²) in [4.78, 5) is 14.3. The highest BCUT2D eigenvalue weighted by Crippen LogP contribution is 2.51. The number of ether oxygens (including phenoxy) is 2. The molecule has 1 aromatic carbocycles. The van der Waals surface area contributed by atoms with E-state index >= 15 is 0 Å². The van der Waals surface area contributed by atoms with Crippen LogP contribution in [0.5, 0.6) is 6.01 Å². The number of hydrogen-bond donors (Lipinski definition) is 2. The van der Waals surface area contributed by atoms with E-state index in [0.717, 1.165) is 60.4 Å². The summed E-state index contributed by atoms with van der Waals surface area (Å²) in [6.45, 7) is 9.26. The smallest absolute Gasteiger partial charge is 0.318 e. The van der Waals surface area contributed by atoms with E-state index in [4.69, 9.17) is 25.2 Å². The third-order valence-corrected chi connectivity index (χ3v) is 10.8. The van der Waals surface area contributed by atoms with E-state index in [-0.39, 0.29) is 11.5 Å². The van der Waals surface area contributed by atoms with Crippen LogP contribution in [0.15, 0.2) is 12.1 Å². The minimum Gasteiger partial charge on any atom is -0.461 e. The molecule has 1 aliphatic carbocycles. The number of fused-ring (bicyclic) bond motifs is 4. The predicted molar refractivity (Wildman–Crippen MR) is 156 cm³/mol. The van der Waals surface area contributed by atoms with E-state index < -0.39 is 17.4 Å². The maximum atomic E-state index is 14.4. The van der Waals surface area contributed by atoms with Gasteiger partial charge in [-0.3, -0.25) is 4.90 Å². The molecule has 0 saturated carbocycles. The number of nitrogens with two attached hydrogens (primary N) is 1. The lowest BCUT2D eigenvalue weighted by Crippen LogP contribution is -2.56. The molecule has 9 nitrogen and oxygen atoms in total. The topological polar surface area (TPSA) is 121 Å². The number of benzene rings is 1. The molecule has 3 N–H and O–H groups in total. The van der Waals surface area contributed by atoms with Crippen molar-refractivity contribution in [1.29, 1.82) is 5.26 Å². The highest BCUT2D eigenvalue weighted by atomic mass is 19.1. The van der Waals surface area contributed by atoms with Gasteiger partial charge in [-0.2, -0.15) is 15.2 Å². The number of hydrogen-bond acceptors (Lipinski definition) is 9. The molecular weight excluding hydrogens is 535 g/mol. The fourth-order valence-electron chi connectivity index (χ4n) is 8.10. The normalized spacial score (nSPS) is 30.9. The predicted octanol–water partition coefficient (Wildman–Crippen LogP) is 3.96. The van der Waals surface area contributed by atoms with Crippen molar-refractivity contribution in [3.63, 3.8) is 0 Å². The monoisotopic (exact) mass is 576 g/mol. The van der Waals surface area contributed by atoms with Crippen LogP contribution in [0, 0.1) is 17.2 Å². The Balaban J connectivity index is 1.26. The molecule has 0 radical (unpaired) electrons. The van der Waals surface area contributed by atoms with Crippen LogP contribution in [0.1, 0.15) is 86.7 Å². The van der Waals surface area contributed by atoms with Gasteiger partial charge < -0.3 is 25.2 Å². The summed E-state index contributed by atoms with van der Waals surface area (Å²) in [5.74, 6) is 1.20. The average Bonchev–Trinajstić information content (AvgIpc) is 3.43. The van der Waals surface area contributed by atoms with Crippen LogP contribution >= 0.6 is 0 Å². The summed E-state index contributed by atoms with van der Waals surface area (Å²) < 4.78 is 27.6. The van der Waals surface area contributed by atoms with Crippen molar-refractivity contribution in [1.82, 2.24) is 14.9 Å². The molecule has 4 atom stereocenters. The van der Waals surface area contributed by atoms with Crippen molar-refractivity contribution < 1.29 is 19.0 Å². The third kappa shape index (κ3) is 4.35. The summed E-state index contributed by atoms with van der Waals surface area (Å²) in [5, 5.41) is 20.7. The van der Waals surface area contributed by atoms with Crippen LogP contribution in [0.2, 0.25) is 0 Å². The first kappa shape index (κ1) is 27.8. The molecule has 1 aromatic heterocycles. The van der Waals surface area contributed by atoms with Crippen molar-refractivity contribution >= 4 is 11.5 Å². The van der Waals surface area contributed by atoms with Gasteiger partial charge in [-0.25, -0.2) is 4.39 Å². The van der Waals surface area contributed by atoms with Crippen LogP contribution in [-0.4, -0.2) is 70.1 Å². The number of nitrogens with zero attached hydrogens (tertiary/aromatic N) is 5. The molecule has 3 fully saturated rings. The van der Waals surface area contributed by atoms with Crippen molar-refractivity contribution in [2.45, 2.75) is 94.7 Å². The van der Waals surface area contributed by atoms with Gasteiger partial charge in [-0.1, -0.05) is 13.0 Å². The van der Waals surface area contributed by atoms with Crippen LogP contribution in [0.3, 0.4) is 0 Å². The molecule has 2 aromatic rings. The number of nitriles is 1. The molecule has 0 amide bonds. The van der Waals surface area contributed by atoms with E-state index in [2.05, 4.69) is 22.8 Å². The molecule has 224 valence electrons. The van der Waals surface area contributed by atoms with Crippen LogP contribution < -0.4 is 15.4 Å². The zero-order valence-electron chi connectivity index (χ0n) is 24.8. The maximum Gasteiger partial charge on any atom is 0.318 e. The lowest BCUT2D eigenvalue weighted by atomic mass is 9.69. The number of rotatable bonds is 5. The first-order valence-corrected chi connectivity index (χ1v) is 15.4. The van der Waals surface area contributed by atoms with E-state index in [1.807, 2.05) is 26.0 Å². The Morgan fingerprint density at radius 2 is 2.07 bits per heavy atom. The van der Waals surface area contributed by atoms with Gasteiger partial charge in [0.2, 0.25) is 0 Å². The molecule has 7 rings (SSSR count). The average molecular weight is 577 g/mol. The second-order valence-corrected chi connectivity index (χ2v) is 13.9. The molecular formula is C32H41FN6O3. The Bertz CT molecular complexity index is 1450. The van der Waals surface area contributed by atoms with Gasteiger partial charge in [-0.05, 0) is 63.6 Å². The van der Waals surface area contributed by atoms with Crippen molar-refractivity contribution in [3.05, 3.63) is 40.1 Å². The summed E-state index contributed by atoms with van der Waals surface area (Å²) >= 11 is 0. The highest BCUT2D eigenvalue weighted by Gasteiger charge is 2.50. The molecule has 5 heterocycles. The van der Waals surface area contributed by atoms with Gasteiger partial charge in [0.05, 0.1) is 29.0 Å². The third-order valence-electron chi connectivity index (χ3n) is 10.8. The fourth-order valence-corrected chi connectivity index (χ4v) is 8.10. The van der Waals surface area contributed by atoms with Crippen molar-refractivity contribution in [2.24, 2.45) is 5.92 Å². The summed E-state index contributed by atoms with van der Waals surface area (Å²) in [7, 11) is 0. The first-order valence-electron chi connectivity index (χ1n) is 15.4. The van der Waals surface area contributed by atoms with Crippen molar-refractivity contribution in [3.8, 4) is 12.1 Å². The number of aliphatic hydroxyl groups is 1. The minimum atomic E-state index is -0.832. The molecule has 10 heteroatoms. The van der Waals surface area contributed by atoms with E-state index in [9.17, 15) is 14.8 Å². The Labute approximate surface area is 246 Å². The number of anilines is 2. The minimum absolute atomic E-state index is 0.127. The van der Waals surface area contributed by atoms with Crippen molar-refractivity contribution in [2.75, 3.05) is 43.4 Å². The summed E-state index contributed by atoms with van der Waals surface area (Å²) in [5.41, 5.74) is 9.26. The lowest BCUT2D eigenvalue weighted by Gasteiger charge is -2.48. The highest BCUT2D eigenvalue weighted by molar-refractivity contribution is 5.64. The second kappa shape index (κ2) is 9.76. The molecule has 4 unspecified atom stereocenters.